The highest BCUT2D eigenvalue weighted by Crippen LogP contribution is 2.34. The zero-order valence-corrected chi connectivity index (χ0v) is 22.6. The molecule has 0 N–H and O–H groups in total. The molecule has 2 fully saturated rings. The third-order valence-electron chi connectivity index (χ3n) is 6.55. The van der Waals surface area contributed by atoms with Crippen molar-refractivity contribution in [2.24, 2.45) is 0 Å². The number of hydrogen-bond donors (Lipinski definition) is 0. The lowest BCUT2D eigenvalue weighted by atomic mass is 9.97. The van der Waals surface area contributed by atoms with Gasteiger partial charge < -0.3 is 9.80 Å². The molecule has 2 aliphatic rings. The molecule has 9 nitrogen and oxygen atoms in total. The molecular formula is C24H28ClN3O6S2. The third kappa shape index (κ3) is 4.89. The summed E-state index contributed by atoms with van der Waals surface area (Å²) in [7, 11) is -8.18. The molecule has 2 unspecified atom stereocenters. The van der Waals surface area contributed by atoms with Crippen LogP contribution in [0, 0.1) is 0 Å². The Morgan fingerprint density at radius 3 is 2.17 bits per heavy atom. The minimum Gasteiger partial charge on any atom is -0.335 e. The molecule has 2 aromatic rings. The van der Waals surface area contributed by atoms with Gasteiger partial charge in [0.15, 0.2) is 9.84 Å². The zero-order valence-electron chi connectivity index (χ0n) is 20.2. The first-order chi connectivity index (χ1) is 16.8. The predicted molar refractivity (Wildman–Crippen MR) is 134 cm³/mol. The van der Waals surface area contributed by atoms with Crippen LogP contribution in [0.15, 0.2) is 58.3 Å². The van der Waals surface area contributed by atoms with Crippen molar-refractivity contribution in [3.63, 3.8) is 0 Å². The summed E-state index contributed by atoms with van der Waals surface area (Å²) in [4.78, 5) is 29.0. The van der Waals surface area contributed by atoms with Crippen LogP contribution in [0.1, 0.15) is 25.8 Å². The van der Waals surface area contributed by atoms with Crippen molar-refractivity contribution in [1.82, 2.24) is 14.1 Å². The van der Waals surface area contributed by atoms with Crippen LogP contribution in [0.25, 0.3) is 0 Å². The van der Waals surface area contributed by atoms with Gasteiger partial charge in [-0.05, 0) is 43.7 Å². The molecule has 2 aliphatic heterocycles. The summed E-state index contributed by atoms with van der Waals surface area (Å²) in [5, 5.41) is 0.534. The second kappa shape index (κ2) is 9.77. The smallest absolute Gasteiger partial charge is 0.246 e. The summed E-state index contributed by atoms with van der Waals surface area (Å²) in [5.74, 6) is -0.584. The van der Waals surface area contributed by atoms with Crippen LogP contribution in [0.3, 0.4) is 0 Å². The monoisotopic (exact) mass is 553 g/mol. The van der Waals surface area contributed by atoms with E-state index in [4.69, 9.17) is 11.6 Å². The number of amides is 2. The van der Waals surface area contributed by atoms with Crippen LogP contribution >= 0.6 is 11.6 Å². The summed E-state index contributed by atoms with van der Waals surface area (Å²) < 4.78 is 53.7. The van der Waals surface area contributed by atoms with E-state index in [9.17, 15) is 26.4 Å². The number of carbonyl (C=O) groups is 2. The van der Waals surface area contributed by atoms with Gasteiger partial charge in [-0.3, -0.25) is 9.59 Å². The first-order valence-electron chi connectivity index (χ1n) is 11.5. The van der Waals surface area contributed by atoms with Gasteiger partial charge in [-0.15, -0.1) is 0 Å². The van der Waals surface area contributed by atoms with Crippen molar-refractivity contribution in [3.8, 4) is 0 Å². The van der Waals surface area contributed by atoms with Crippen molar-refractivity contribution in [3.05, 3.63) is 59.1 Å². The number of fused-ring (bicyclic) bond motifs is 1. The lowest BCUT2D eigenvalue weighted by Crippen LogP contribution is -2.72. The standard InChI is InChI=1S/C24H28ClN3O6S2/c1-16(2)26-15-22-27(36(33,34)21-7-5-4-6-20(21)35(3,31)32)13-12-23(29)28(22)19(24(26)30)14-17-8-10-18(25)11-9-17/h4-11,16,19,22H,12-15H2,1-3H3. The molecule has 0 bridgehead atoms. The van der Waals surface area contributed by atoms with E-state index in [2.05, 4.69) is 0 Å². The Bertz CT molecular complexity index is 1390. The Labute approximate surface area is 216 Å². The highest BCUT2D eigenvalue weighted by molar-refractivity contribution is 7.93. The lowest BCUT2D eigenvalue weighted by molar-refractivity contribution is -0.166. The summed E-state index contributed by atoms with van der Waals surface area (Å²) in [6, 6.07) is 11.2. The molecule has 0 spiro atoms. The van der Waals surface area contributed by atoms with Crippen LogP contribution in [-0.2, 0) is 35.9 Å². The molecule has 36 heavy (non-hydrogen) atoms. The largest absolute Gasteiger partial charge is 0.335 e. The fourth-order valence-corrected chi connectivity index (χ4v) is 8.10. The van der Waals surface area contributed by atoms with E-state index in [0.717, 1.165) is 16.1 Å². The number of nitrogens with zero attached hydrogens (tertiary/aromatic N) is 3. The SMILES string of the molecule is CC(C)N1CC2N(C(=O)CCN2S(=O)(=O)c2ccccc2S(C)(=O)=O)C(Cc2ccc(Cl)cc2)C1=O. The number of halogens is 1. The quantitative estimate of drug-likeness (QED) is 0.542. The summed E-state index contributed by atoms with van der Waals surface area (Å²) in [6.07, 6.45) is 0.0502. The number of rotatable bonds is 6. The van der Waals surface area contributed by atoms with Gasteiger partial charge >= 0.3 is 0 Å². The molecule has 2 saturated heterocycles. The molecule has 2 atom stereocenters. The fourth-order valence-electron chi connectivity index (χ4n) is 4.80. The van der Waals surface area contributed by atoms with Crippen LogP contribution in [0.2, 0.25) is 5.02 Å². The van der Waals surface area contributed by atoms with Crippen LogP contribution in [0.4, 0.5) is 0 Å². The van der Waals surface area contributed by atoms with Crippen molar-refractivity contribution in [2.45, 2.75) is 54.7 Å². The molecule has 2 amide bonds. The Morgan fingerprint density at radius 2 is 1.58 bits per heavy atom. The Balaban J connectivity index is 1.80. The number of sulfonamides is 1. The maximum absolute atomic E-state index is 13.9. The second-order valence-corrected chi connectivity index (χ2v) is 13.6. The molecule has 4 rings (SSSR count). The molecule has 0 aliphatic carbocycles. The van der Waals surface area contributed by atoms with E-state index in [1.807, 2.05) is 13.8 Å². The number of hydrogen-bond acceptors (Lipinski definition) is 6. The van der Waals surface area contributed by atoms with Gasteiger partial charge in [-0.2, -0.15) is 4.31 Å². The van der Waals surface area contributed by atoms with Crippen molar-refractivity contribution in [2.75, 3.05) is 19.3 Å². The van der Waals surface area contributed by atoms with Gasteiger partial charge in [-0.25, -0.2) is 16.8 Å². The summed E-state index contributed by atoms with van der Waals surface area (Å²) in [6.45, 7) is 3.53. The average molecular weight is 554 g/mol. The van der Waals surface area contributed by atoms with Crippen molar-refractivity contribution >= 4 is 43.3 Å². The summed E-state index contributed by atoms with van der Waals surface area (Å²) >= 11 is 6.00. The minimum absolute atomic E-state index is 0.0143. The molecule has 12 heteroatoms. The lowest BCUT2D eigenvalue weighted by Gasteiger charge is -2.52. The second-order valence-electron chi connectivity index (χ2n) is 9.30. The topological polar surface area (TPSA) is 112 Å². The minimum atomic E-state index is -4.33. The number of sulfone groups is 1. The van der Waals surface area contributed by atoms with Gasteiger partial charge in [0.1, 0.15) is 17.1 Å². The van der Waals surface area contributed by atoms with E-state index in [1.54, 1.807) is 29.2 Å². The first-order valence-corrected chi connectivity index (χ1v) is 15.2. The number of carbonyl (C=O) groups excluding carboxylic acids is 2. The molecule has 2 aromatic carbocycles. The predicted octanol–water partition coefficient (Wildman–Crippen LogP) is 2.15. The van der Waals surface area contributed by atoms with E-state index < -0.39 is 32.1 Å². The Morgan fingerprint density at radius 1 is 0.972 bits per heavy atom. The highest BCUT2D eigenvalue weighted by Gasteiger charge is 2.51. The van der Waals surface area contributed by atoms with E-state index in [0.29, 0.717) is 5.02 Å². The average Bonchev–Trinajstić information content (AvgIpc) is 2.81. The van der Waals surface area contributed by atoms with Gasteiger partial charge in [0, 0.05) is 36.7 Å². The highest BCUT2D eigenvalue weighted by atomic mass is 35.5. The molecule has 2 heterocycles. The maximum Gasteiger partial charge on any atom is 0.246 e. The summed E-state index contributed by atoms with van der Waals surface area (Å²) in [5.41, 5.74) is 0.775. The van der Waals surface area contributed by atoms with Crippen LogP contribution in [-0.4, -0.2) is 80.3 Å². The molecule has 194 valence electrons. The van der Waals surface area contributed by atoms with E-state index >= 15 is 0 Å². The number of benzene rings is 2. The van der Waals surface area contributed by atoms with Gasteiger partial charge in [0.05, 0.1) is 11.4 Å². The van der Waals surface area contributed by atoms with Crippen LogP contribution < -0.4 is 0 Å². The van der Waals surface area contributed by atoms with Gasteiger partial charge in [0.25, 0.3) is 0 Å². The molecule has 0 saturated carbocycles. The first kappa shape index (κ1) is 26.6. The molecule has 0 radical (unpaired) electrons. The van der Waals surface area contributed by atoms with Crippen LogP contribution in [0.5, 0.6) is 0 Å². The fraction of sp³-hybridized carbons (Fsp3) is 0.417. The zero-order chi connectivity index (χ0) is 26.4. The van der Waals surface area contributed by atoms with E-state index in [-0.39, 0.29) is 53.6 Å². The van der Waals surface area contributed by atoms with Crippen molar-refractivity contribution in [1.29, 1.82) is 0 Å². The Hall–Kier alpha value is -2.47. The third-order valence-corrected chi connectivity index (χ3v) is 10.0. The van der Waals surface area contributed by atoms with E-state index in [1.165, 1.54) is 29.2 Å². The number of piperazine rings is 1. The van der Waals surface area contributed by atoms with Gasteiger partial charge in [-0.1, -0.05) is 35.9 Å². The Kier molecular flexibility index (Phi) is 7.22. The maximum atomic E-state index is 13.9. The van der Waals surface area contributed by atoms with Gasteiger partial charge in [0.2, 0.25) is 21.8 Å². The van der Waals surface area contributed by atoms with Crippen molar-refractivity contribution < 1.29 is 26.4 Å². The molecule has 0 aromatic heterocycles. The normalized spacial score (nSPS) is 21.7. The molecular weight excluding hydrogens is 526 g/mol.